The molecule has 0 amide bonds. The van der Waals surface area contributed by atoms with Crippen molar-refractivity contribution in [1.29, 1.82) is 0 Å². The van der Waals surface area contributed by atoms with E-state index < -0.39 is 0 Å². The van der Waals surface area contributed by atoms with Crippen molar-refractivity contribution < 1.29 is 0 Å². The van der Waals surface area contributed by atoms with Crippen LogP contribution in [-0.4, -0.2) is 10.00 Å². The average molecular weight is 160 g/mol. The van der Waals surface area contributed by atoms with Crippen molar-refractivity contribution in [3.8, 4) is 0 Å². The van der Waals surface area contributed by atoms with Gasteiger partial charge in [-0.05, 0) is 12.8 Å². The van der Waals surface area contributed by atoms with Crippen LogP contribution in [0.25, 0.3) is 0 Å². The predicted molar refractivity (Wildman–Crippen MR) is 51.7 cm³/mol. The van der Waals surface area contributed by atoms with Crippen molar-refractivity contribution in [2.24, 2.45) is 0 Å². The lowest BCUT2D eigenvalue weighted by atomic mass is 10.1. The lowest BCUT2D eigenvalue weighted by Crippen LogP contribution is -2.16. The monoisotopic (exact) mass is 160 g/mol. The summed E-state index contributed by atoms with van der Waals surface area (Å²) in [4.78, 5) is 0. The van der Waals surface area contributed by atoms with Crippen molar-refractivity contribution in [3.63, 3.8) is 0 Å². The molecule has 62 valence electrons. The van der Waals surface area contributed by atoms with E-state index in [2.05, 4.69) is 46.4 Å². The summed E-state index contributed by atoms with van der Waals surface area (Å²) in [7, 11) is 0. The van der Waals surface area contributed by atoms with Crippen LogP contribution in [0, 0.1) is 0 Å². The predicted octanol–water partition coefficient (Wildman–Crippen LogP) is 3.71. The van der Waals surface area contributed by atoms with Gasteiger partial charge >= 0.3 is 0 Å². The van der Waals surface area contributed by atoms with E-state index >= 15 is 0 Å². The maximum absolute atomic E-state index is 2.32. The zero-order chi connectivity index (χ0) is 8.20. The fourth-order valence-corrected chi connectivity index (χ4v) is 2.13. The second-order valence-corrected chi connectivity index (χ2v) is 5.60. The molecule has 0 heterocycles. The van der Waals surface area contributed by atoms with E-state index in [9.17, 15) is 0 Å². The molecule has 0 aromatic carbocycles. The summed E-state index contributed by atoms with van der Waals surface area (Å²) in [6, 6.07) is 0. The van der Waals surface area contributed by atoms with Gasteiger partial charge in [0.15, 0.2) is 0 Å². The summed E-state index contributed by atoms with van der Waals surface area (Å²) in [5, 5.41) is 0.815. The lowest BCUT2D eigenvalue weighted by Gasteiger charge is -2.25. The Hall–Kier alpha value is 0.350. The first kappa shape index (κ1) is 10.3. The van der Waals surface area contributed by atoms with Crippen molar-refractivity contribution in [1.82, 2.24) is 0 Å². The molecule has 10 heavy (non-hydrogen) atoms. The molecule has 0 radical (unpaired) electrons. The second-order valence-electron chi connectivity index (χ2n) is 3.45. The van der Waals surface area contributed by atoms with Gasteiger partial charge < -0.3 is 0 Å². The number of hydrogen-bond donors (Lipinski definition) is 0. The molecule has 0 aliphatic heterocycles. The van der Waals surface area contributed by atoms with Crippen LogP contribution in [0.3, 0.4) is 0 Å². The van der Waals surface area contributed by atoms with Gasteiger partial charge in [-0.15, -0.1) is 0 Å². The van der Waals surface area contributed by atoms with Gasteiger partial charge in [0.05, 0.1) is 0 Å². The smallest absolute Gasteiger partial charge is 0.0103 e. The molecule has 0 aliphatic carbocycles. The van der Waals surface area contributed by atoms with Crippen LogP contribution >= 0.6 is 11.8 Å². The number of hydrogen-bond acceptors (Lipinski definition) is 1. The molecule has 0 nitrogen and oxygen atoms in total. The molecule has 1 unspecified atom stereocenters. The maximum Gasteiger partial charge on any atom is 0.0103 e. The molecule has 0 rings (SSSR count). The molecule has 1 heteroatoms. The normalized spacial score (nSPS) is 15.3. The van der Waals surface area contributed by atoms with E-state index in [1.165, 1.54) is 12.8 Å². The molecular formula is C9H20S. The first-order chi connectivity index (χ1) is 4.52. The minimum Gasteiger partial charge on any atom is -0.153 e. The van der Waals surface area contributed by atoms with E-state index in [1.807, 2.05) is 0 Å². The fraction of sp³-hybridized carbons (Fsp3) is 1.00. The van der Waals surface area contributed by atoms with Crippen LogP contribution in [-0.2, 0) is 0 Å². The van der Waals surface area contributed by atoms with Crippen LogP contribution in [0.1, 0.15) is 47.5 Å². The van der Waals surface area contributed by atoms with Crippen LogP contribution in [0.15, 0.2) is 0 Å². The highest BCUT2D eigenvalue weighted by Crippen LogP contribution is 2.32. The Kier molecular flexibility index (Phi) is 4.42. The third kappa shape index (κ3) is 4.21. The number of thioether (sulfide) groups is 1. The van der Waals surface area contributed by atoms with Gasteiger partial charge in [0.2, 0.25) is 0 Å². The Morgan fingerprint density at radius 2 is 1.80 bits per heavy atom. The minimum atomic E-state index is 0.482. The lowest BCUT2D eigenvalue weighted by molar-refractivity contribution is 0.676. The molecular weight excluding hydrogens is 140 g/mol. The van der Waals surface area contributed by atoms with Gasteiger partial charge in [0, 0.05) is 10.00 Å². The van der Waals surface area contributed by atoms with Crippen LogP contribution in [0.2, 0.25) is 0 Å². The third-order valence-electron chi connectivity index (χ3n) is 1.95. The third-order valence-corrected chi connectivity index (χ3v) is 3.61. The van der Waals surface area contributed by atoms with Gasteiger partial charge in [-0.2, -0.15) is 11.8 Å². The fourth-order valence-electron chi connectivity index (χ4n) is 0.711. The SMILES string of the molecule is CCC(C)SC(C)(C)CC. The summed E-state index contributed by atoms with van der Waals surface area (Å²) < 4.78 is 0.482. The molecule has 0 aromatic rings. The van der Waals surface area contributed by atoms with Gasteiger partial charge in [-0.1, -0.05) is 34.6 Å². The highest BCUT2D eigenvalue weighted by Gasteiger charge is 2.17. The standard InChI is InChI=1S/C9H20S/c1-6-8(3)10-9(4,5)7-2/h8H,6-7H2,1-5H3. The molecule has 0 N–H and O–H groups in total. The van der Waals surface area contributed by atoms with Crippen LogP contribution in [0.4, 0.5) is 0 Å². The summed E-state index contributed by atoms with van der Waals surface area (Å²) in [6.07, 6.45) is 2.55. The highest BCUT2D eigenvalue weighted by molar-refractivity contribution is 8.01. The molecule has 0 aromatic heterocycles. The summed E-state index contributed by atoms with van der Waals surface area (Å²) in [5.74, 6) is 0. The Morgan fingerprint density at radius 1 is 1.30 bits per heavy atom. The van der Waals surface area contributed by atoms with E-state index in [1.54, 1.807) is 0 Å². The summed E-state index contributed by atoms with van der Waals surface area (Å²) in [6.45, 7) is 11.5. The first-order valence-corrected chi connectivity index (χ1v) is 5.07. The van der Waals surface area contributed by atoms with Gasteiger partial charge in [-0.3, -0.25) is 0 Å². The van der Waals surface area contributed by atoms with Crippen molar-refractivity contribution >= 4 is 11.8 Å². The molecule has 0 bridgehead atoms. The Balaban J connectivity index is 3.64. The van der Waals surface area contributed by atoms with E-state index in [0.29, 0.717) is 4.75 Å². The van der Waals surface area contributed by atoms with E-state index in [0.717, 1.165) is 5.25 Å². The van der Waals surface area contributed by atoms with Crippen LogP contribution < -0.4 is 0 Å². The molecule has 0 aliphatic rings. The quantitative estimate of drug-likeness (QED) is 0.604. The Bertz CT molecular complexity index is 86.7. The minimum absolute atomic E-state index is 0.482. The van der Waals surface area contributed by atoms with Crippen molar-refractivity contribution in [2.75, 3.05) is 0 Å². The topological polar surface area (TPSA) is 0 Å². The average Bonchev–Trinajstić information content (AvgIpc) is 1.87. The van der Waals surface area contributed by atoms with E-state index in [-0.39, 0.29) is 0 Å². The zero-order valence-electron chi connectivity index (χ0n) is 7.90. The Labute approximate surface area is 69.8 Å². The van der Waals surface area contributed by atoms with Crippen molar-refractivity contribution in [2.45, 2.75) is 57.5 Å². The molecule has 1 atom stereocenters. The van der Waals surface area contributed by atoms with Gasteiger partial charge in [-0.25, -0.2) is 0 Å². The Morgan fingerprint density at radius 3 is 2.10 bits per heavy atom. The van der Waals surface area contributed by atoms with E-state index in [4.69, 9.17) is 0 Å². The van der Waals surface area contributed by atoms with Crippen LogP contribution in [0.5, 0.6) is 0 Å². The number of rotatable bonds is 4. The van der Waals surface area contributed by atoms with Gasteiger partial charge in [0.1, 0.15) is 0 Å². The van der Waals surface area contributed by atoms with Gasteiger partial charge in [0.25, 0.3) is 0 Å². The molecule has 0 saturated carbocycles. The largest absolute Gasteiger partial charge is 0.153 e. The summed E-state index contributed by atoms with van der Waals surface area (Å²) in [5.41, 5.74) is 0. The molecule has 0 spiro atoms. The summed E-state index contributed by atoms with van der Waals surface area (Å²) >= 11 is 2.10. The van der Waals surface area contributed by atoms with Crippen molar-refractivity contribution in [3.05, 3.63) is 0 Å². The molecule has 0 fully saturated rings. The maximum atomic E-state index is 2.32. The highest BCUT2D eigenvalue weighted by atomic mass is 32.2. The first-order valence-electron chi connectivity index (χ1n) is 4.19. The second kappa shape index (κ2) is 4.27. The zero-order valence-corrected chi connectivity index (χ0v) is 8.72. The molecule has 0 saturated heterocycles.